The molecule has 0 aliphatic heterocycles. The van der Waals surface area contributed by atoms with E-state index < -0.39 is 6.61 Å². The molecule has 5 heteroatoms. The summed E-state index contributed by atoms with van der Waals surface area (Å²) in [6.45, 7) is -2.90. The zero-order valence-corrected chi connectivity index (χ0v) is 11.0. The van der Waals surface area contributed by atoms with Gasteiger partial charge < -0.3 is 10.1 Å². The summed E-state index contributed by atoms with van der Waals surface area (Å²) < 4.78 is 28.9. The van der Waals surface area contributed by atoms with Crippen LogP contribution in [0.3, 0.4) is 0 Å². The third kappa shape index (κ3) is 4.72. The van der Waals surface area contributed by atoms with Crippen LogP contribution in [0, 0.1) is 0 Å². The number of nitrogens with one attached hydrogen (secondary N) is 1. The number of benzene rings is 2. The molecule has 2 aromatic carbocycles. The third-order valence-corrected chi connectivity index (χ3v) is 2.59. The largest absolute Gasteiger partial charge is 0.434 e. The van der Waals surface area contributed by atoms with E-state index in [-0.39, 0.29) is 11.7 Å². The molecular weight excluding hydrogens is 276 g/mol. The maximum Gasteiger partial charge on any atom is 0.387 e. The zero-order valence-electron chi connectivity index (χ0n) is 11.0. The van der Waals surface area contributed by atoms with Crippen LogP contribution in [0.25, 0.3) is 6.08 Å². The first-order chi connectivity index (χ1) is 10.1. The van der Waals surface area contributed by atoms with Crippen molar-refractivity contribution in [2.24, 2.45) is 0 Å². The zero-order chi connectivity index (χ0) is 15.1. The smallest absolute Gasteiger partial charge is 0.387 e. The highest BCUT2D eigenvalue weighted by atomic mass is 19.3. The van der Waals surface area contributed by atoms with Crippen LogP contribution in [0.15, 0.2) is 60.7 Å². The molecule has 21 heavy (non-hydrogen) atoms. The first kappa shape index (κ1) is 14.7. The topological polar surface area (TPSA) is 38.3 Å². The molecule has 0 heterocycles. The van der Waals surface area contributed by atoms with E-state index in [0.717, 1.165) is 0 Å². The Morgan fingerprint density at radius 2 is 1.71 bits per heavy atom. The number of ether oxygens (including phenoxy) is 1. The molecule has 1 amide bonds. The Kier molecular flexibility index (Phi) is 5.04. The molecule has 0 radical (unpaired) electrons. The fourth-order valence-electron chi connectivity index (χ4n) is 1.69. The lowest BCUT2D eigenvalue weighted by atomic mass is 10.2. The fraction of sp³-hybridized carbons (Fsp3) is 0.0625. The van der Waals surface area contributed by atoms with Crippen molar-refractivity contribution in [1.29, 1.82) is 0 Å². The Labute approximate surface area is 120 Å². The second-order valence-corrected chi connectivity index (χ2v) is 4.10. The Bertz CT molecular complexity index is 627. The summed E-state index contributed by atoms with van der Waals surface area (Å²) in [5.41, 5.74) is 1.06. The van der Waals surface area contributed by atoms with Gasteiger partial charge in [-0.1, -0.05) is 36.4 Å². The molecular formula is C16H13F2NO2. The van der Waals surface area contributed by atoms with Gasteiger partial charge in [-0.3, -0.25) is 4.79 Å². The highest BCUT2D eigenvalue weighted by molar-refractivity contribution is 6.02. The molecule has 0 atom stereocenters. The molecule has 0 unspecified atom stereocenters. The lowest BCUT2D eigenvalue weighted by Gasteiger charge is -2.07. The number of amides is 1. The Morgan fingerprint density at radius 1 is 1.05 bits per heavy atom. The van der Waals surface area contributed by atoms with E-state index in [0.29, 0.717) is 11.3 Å². The summed E-state index contributed by atoms with van der Waals surface area (Å²) in [5, 5.41) is 2.66. The lowest BCUT2D eigenvalue weighted by Crippen LogP contribution is -2.07. The maximum absolute atomic E-state index is 12.3. The molecule has 0 aliphatic rings. The second kappa shape index (κ2) is 7.19. The second-order valence-electron chi connectivity index (χ2n) is 4.10. The molecule has 2 aromatic rings. The molecule has 0 fully saturated rings. The van der Waals surface area contributed by atoms with Gasteiger partial charge in [-0.25, -0.2) is 0 Å². The predicted molar refractivity (Wildman–Crippen MR) is 77.2 cm³/mol. The molecule has 0 bridgehead atoms. The SMILES string of the molecule is O=C(/C=C/c1ccccc1OC(F)F)Nc1ccccc1. The van der Waals surface area contributed by atoms with Crippen LogP contribution in [0.5, 0.6) is 5.75 Å². The molecule has 0 spiro atoms. The number of hydrogen-bond acceptors (Lipinski definition) is 2. The molecule has 0 saturated carbocycles. The maximum atomic E-state index is 12.3. The van der Waals surface area contributed by atoms with Crippen molar-refractivity contribution >= 4 is 17.7 Å². The van der Waals surface area contributed by atoms with Crippen LogP contribution in [0.2, 0.25) is 0 Å². The highest BCUT2D eigenvalue weighted by Crippen LogP contribution is 2.21. The lowest BCUT2D eigenvalue weighted by molar-refractivity contribution is -0.111. The molecule has 1 N–H and O–H groups in total. The summed E-state index contributed by atoms with van der Waals surface area (Å²) >= 11 is 0. The van der Waals surface area contributed by atoms with Gasteiger partial charge in [0, 0.05) is 17.3 Å². The first-order valence-electron chi connectivity index (χ1n) is 6.23. The number of carbonyl (C=O) groups excluding carboxylic acids is 1. The standard InChI is InChI=1S/C16H13F2NO2/c17-16(18)21-14-9-5-4-6-12(14)10-11-15(20)19-13-7-2-1-3-8-13/h1-11,16H,(H,19,20)/b11-10+. The summed E-state index contributed by atoms with van der Waals surface area (Å²) in [5.74, 6) is -0.329. The van der Waals surface area contributed by atoms with E-state index in [1.54, 1.807) is 42.5 Å². The van der Waals surface area contributed by atoms with Gasteiger partial charge in [0.15, 0.2) is 0 Å². The summed E-state index contributed by atoms with van der Waals surface area (Å²) in [7, 11) is 0. The minimum absolute atomic E-state index is 0.0243. The number of carbonyl (C=O) groups is 1. The van der Waals surface area contributed by atoms with Crippen LogP contribution in [0.1, 0.15) is 5.56 Å². The van der Waals surface area contributed by atoms with Crippen molar-refractivity contribution in [1.82, 2.24) is 0 Å². The molecule has 0 aromatic heterocycles. The van der Waals surface area contributed by atoms with E-state index in [9.17, 15) is 13.6 Å². The predicted octanol–water partition coefficient (Wildman–Crippen LogP) is 3.94. The average Bonchev–Trinajstić information content (AvgIpc) is 2.47. The van der Waals surface area contributed by atoms with Crippen molar-refractivity contribution in [2.45, 2.75) is 6.61 Å². The number of alkyl halides is 2. The highest BCUT2D eigenvalue weighted by Gasteiger charge is 2.07. The normalized spacial score (nSPS) is 10.8. The van der Waals surface area contributed by atoms with Crippen molar-refractivity contribution in [3.8, 4) is 5.75 Å². The fourth-order valence-corrected chi connectivity index (χ4v) is 1.69. The number of halogens is 2. The van der Waals surface area contributed by atoms with Gasteiger partial charge in [-0.05, 0) is 24.3 Å². The van der Waals surface area contributed by atoms with Crippen molar-refractivity contribution in [2.75, 3.05) is 5.32 Å². The van der Waals surface area contributed by atoms with Gasteiger partial charge in [-0.2, -0.15) is 8.78 Å². The summed E-state index contributed by atoms with van der Waals surface area (Å²) in [6, 6.07) is 15.2. The molecule has 0 aliphatic carbocycles. The summed E-state index contributed by atoms with van der Waals surface area (Å²) in [6.07, 6.45) is 2.69. The molecule has 108 valence electrons. The van der Waals surface area contributed by atoms with Crippen molar-refractivity contribution in [3.63, 3.8) is 0 Å². The number of anilines is 1. The number of rotatable bonds is 5. The summed E-state index contributed by atoms with van der Waals surface area (Å²) in [4.78, 5) is 11.7. The van der Waals surface area contributed by atoms with Crippen LogP contribution >= 0.6 is 0 Å². The van der Waals surface area contributed by atoms with E-state index in [1.165, 1.54) is 18.2 Å². The monoisotopic (exact) mass is 289 g/mol. The van der Waals surface area contributed by atoms with Gasteiger partial charge in [0.05, 0.1) is 0 Å². The minimum Gasteiger partial charge on any atom is -0.434 e. The Morgan fingerprint density at radius 3 is 2.43 bits per heavy atom. The minimum atomic E-state index is -2.90. The third-order valence-electron chi connectivity index (χ3n) is 2.59. The first-order valence-corrected chi connectivity index (χ1v) is 6.23. The Hall–Kier alpha value is -2.69. The van der Waals surface area contributed by atoms with Crippen LogP contribution in [-0.2, 0) is 4.79 Å². The number of hydrogen-bond donors (Lipinski definition) is 1. The van der Waals surface area contributed by atoms with Crippen LogP contribution in [-0.4, -0.2) is 12.5 Å². The van der Waals surface area contributed by atoms with Crippen molar-refractivity contribution < 1.29 is 18.3 Å². The Balaban J connectivity index is 2.05. The van der Waals surface area contributed by atoms with E-state index in [4.69, 9.17) is 0 Å². The van der Waals surface area contributed by atoms with Crippen LogP contribution < -0.4 is 10.1 Å². The molecule has 3 nitrogen and oxygen atoms in total. The van der Waals surface area contributed by atoms with Crippen molar-refractivity contribution in [3.05, 3.63) is 66.2 Å². The molecule has 2 rings (SSSR count). The molecule has 0 saturated heterocycles. The van der Waals surface area contributed by atoms with Gasteiger partial charge in [-0.15, -0.1) is 0 Å². The van der Waals surface area contributed by atoms with Gasteiger partial charge >= 0.3 is 6.61 Å². The van der Waals surface area contributed by atoms with Gasteiger partial charge in [0.25, 0.3) is 0 Å². The van der Waals surface area contributed by atoms with Gasteiger partial charge in [0.1, 0.15) is 5.75 Å². The number of para-hydroxylation sites is 2. The van der Waals surface area contributed by atoms with E-state index in [2.05, 4.69) is 10.1 Å². The van der Waals surface area contributed by atoms with Gasteiger partial charge in [0.2, 0.25) is 5.91 Å². The average molecular weight is 289 g/mol. The van der Waals surface area contributed by atoms with E-state index >= 15 is 0 Å². The van der Waals surface area contributed by atoms with E-state index in [1.807, 2.05) is 6.07 Å². The van der Waals surface area contributed by atoms with Crippen LogP contribution in [0.4, 0.5) is 14.5 Å². The quantitative estimate of drug-likeness (QED) is 0.847.